The van der Waals surface area contributed by atoms with E-state index in [4.69, 9.17) is 17.3 Å². The molecule has 0 saturated carbocycles. The van der Waals surface area contributed by atoms with Crippen LogP contribution in [-0.2, 0) is 0 Å². The van der Waals surface area contributed by atoms with E-state index in [-0.39, 0.29) is 0 Å². The molecule has 108 valence electrons. The van der Waals surface area contributed by atoms with Crippen molar-refractivity contribution in [1.29, 1.82) is 0 Å². The van der Waals surface area contributed by atoms with E-state index in [1.807, 2.05) is 30.0 Å². The molecule has 0 bridgehead atoms. The minimum Gasteiger partial charge on any atom is -0.399 e. The molecule has 1 nitrogen and oxygen atoms in total. The van der Waals surface area contributed by atoms with Crippen LogP contribution in [0.25, 0.3) is 0 Å². The summed E-state index contributed by atoms with van der Waals surface area (Å²) in [4.78, 5) is 1.15. The second-order valence-electron chi connectivity index (χ2n) is 5.01. The summed E-state index contributed by atoms with van der Waals surface area (Å²) in [6.45, 7) is 2.26. The third-order valence-corrected chi connectivity index (χ3v) is 4.80. The van der Waals surface area contributed by atoms with Gasteiger partial charge in [0.1, 0.15) is 0 Å². The molecule has 0 fully saturated rings. The molecule has 0 aliphatic heterocycles. The summed E-state index contributed by atoms with van der Waals surface area (Å²) in [5.74, 6) is 1.15. The molecule has 0 atom stereocenters. The van der Waals surface area contributed by atoms with Crippen LogP contribution in [0.1, 0.15) is 58.3 Å². The fourth-order valence-electron chi connectivity index (χ4n) is 2.05. The van der Waals surface area contributed by atoms with Gasteiger partial charge in [0.15, 0.2) is 0 Å². The average Bonchev–Trinajstić information content (AvgIpc) is 2.39. The van der Waals surface area contributed by atoms with E-state index < -0.39 is 0 Å². The van der Waals surface area contributed by atoms with Crippen LogP contribution in [-0.4, -0.2) is 5.75 Å². The zero-order valence-corrected chi connectivity index (χ0v) is 13.5. The lowest BCUT2D eigenvalue weighted by atomic mass is 10.1. The number of hydrogen-bond acceptors (Lipinski definition) is 2. The standard InChI is InChI=1S/C16H26ClNS/c1-2-3-4-5-6-7-8-9-12-19-16-11-10-14(18)13-15(16)17/h10-11,13H,2-9,12,18H2,1H3. The van der Waals surface area contributed by atoms with Gasteiger partial charge in [-0.05, 0) is 30.4 Å². The van der Waals surface area contributed by atoms with E-state index in [0.29, 0.717) is 0 Å². The number of anilines is 1. The molecule has 0 aliphatic rings. The molecular formula is C16H26ClNS. The summed E-state index contributed by atoms with van der Waals surface area (Å²) in [6.07, 6.45) is 10.9. The lowest BCUT2D eigenvalue weighted by molar-refractivity contribution is 0.586. The summed E-state index contributed by atoms with van der Waals surface area (Å²) >= 11 is 7.98. The number of benzene rings is 1. The van der Waals surface area contributed by atoms with Crippen molar-refractivity contribution in [1.82, 2.24) is 0 Å². The minimum atomic E-state index is 0.737. The lowest BCUT2D eigenvalue weighted by Gasteiger charge is -2.05. The van der Waals surface area contributed by atoms with E-state index in [1.165, 1.54) is 51.4 Å². The predicted molar refractivity (Wildman–Crippen MR) is 89.2 cm³/mol. The third kappa shape index (κ3) is 7.74. The Morgan fingerprint density at radius 1 is 1.00 bits per heavy atom. The molecule has 1 aromatic carbocycles. The number of rotatable bonds is 10. The Kier molecular flexibility index (Phi) is 9.19. The van der Waals surface area contributed by atoms with Gasteiger partial charge in [0, 0.05) is 10.6 Å². The van der Waals surface area contributed by atoms with Crippen molar-refractivity contribution in [3.63, 3.8) is 0 Å². The molecule has 19 heavy (non-hydrogen) atoms. The van der Waals surface area contributed by atoms with Crippen molar-refractivity contribution in [2.24, 2.45) is 0 Å². The van der Waals surface area contributed by atoms with Crippen LogP contribution in [0, 0.1) is 0 Å². The first-order chi connectivity index (χ1) is 9.24. The van der Waals surface area contributed by atoms with Crippen molar-refractivity contribution in [3.8, 4) is 0 Å². The van der Waals surface area contributed by atoms with Crippen LogP contribution < -0.4 is 5.73 Å². The molecule has 0 amide bonds. The molecule has 0 heterocycles. The topological polar surface area (TPSA) is 26.0 Å². The Morgan fingerprint density at radius 2 is 1.63 bits per heavy atom. The molecule has 0 radical (unpaired) electrons. The number of nitrogens with two attached hydrogens (primary N) is 1. The second kappa shape index (κ2) is 10.4. The van der Waals surface area contributed by atoms with Crippen LogP contribution in [0.3, 0.4) is 0 Å². The smallest absolute Gasteiger partial charge is 0.0562 e. The van der Waals surface area contributed by atoms with Gasteiger partial charge in [-0.2, -0.15) is 0 Å². The third-order valence-electron chi connectivity index (χ3n) is 3.21. The summed E-state index contributed by atoms with van der Waals surface area (Å²) in [6, 6.07) is 5.77. The van der Waals surface area contributed by atoms with Crippen LogP contribution in [0.15, 0.2) is 23.1 Å². The first kappa shape index (κ1) is 16.7. The molecule has 0 aromatic heterocycles. The number of nitrogen functional groups attached to an aromatic ring is 1. The maximum absolute atomic E-state index is 6.14. The molecule has 2 N–H and O–H groups in total. The summed E-state index contributed by atoms with van der Waals surface area (Å²) in [7, 11) is 0. The van der Waals surface area contributed by atoms with Crippen molar-refractivity contribution in [2.75, 3.05) is 11.5 Å². The molecule has 1 rings (SSSR count). The van der Waals surface area contributed by atoms with E-state index >= 15 is 0 Å². The monoisotopic (exact) mass is 299 g/mol. The SMILES string of the molecule is CCCCCCCCCCSc1ccc(N)cc1Cl. The maximum atomic E-state index is 6.14. The van der Waals surface area contributed by atoms with Gasteiger partial charge in [-0.15, -0.1) is 11.8 Å². The van der Waals surface area contributed by atoms with Crippen LogP contribution in [0.2, 0.25) is 5.02 Å². The molecule has 1 aromatic rings. The largest absolute Gasteiger partial charge is 0.399 e. The average molecular weight is 300 g/mol. The normalized spacial score (nSPS) is 10.8. The van der Waals surface area contributed by atoms with Gasteiger partial charge < -0.3 is 5.73 Å². The molecular weight excluding hydrogens is 274 g/mol. The molecule has 0 spiro atoms. The van der Waals surface area contributed by atoms with Gasteiger partial charge in [0.05, 0.1) is 5.02 Å². The number of halogens is 1. The van der Waals surface area contributed by atoms with Gasteiger partial charge in [0.25, 0.3) is 0 Å². The first-order valence-electron chi connectivity index (χ1n) is 7.42. The van der Waals surface area contributed by atoms with E-state index in [1.54, 1.807) is 0 Å². The van der Waals surface area contributed by atoms with Crippen molar-refractivity contribution < 1.29 is 0 Å². The van der Waals surface area contributed by atoms with E-state index in [0.717, 1.165) is 21.4 Å². The quantitative estimate of drug-likeness (QED) is 0.318. The molecule has 3 heteroatoms. The number of hydrogen-bond donors (Lipinski definition) is 1. The van der Waals surface area contributed by atoms with Gasteiger partial charge in [-0.25, -0.2) is 0 Å². The van der Waals surface area contributed by atoms with Gasteiger partial charge in [-0.1, -0.05) is 63.5 Å². The maximum Gasteiger partial charge on any atom is 0.0562 e. The van der Waals surface area contributed by atoms with E-state index in [2.05, 4.69) is 6.92 Å². The Hall–Kier alpha value is -0.340. The fourth-order valence-corrected chi connectivity index (χ4v) is 3.33. The predicted octanol–water partition coefficient (Wildman–Crippen LogP) is 6.16. The highest BCUT2D eigenvalue weighted by Crippen LogP contribution is 2.29. The highest BCUT2D eigenvalue weighted by molar-refractivity contribution is 7.99. The van der Waals surface area contributed by atoms with E-state index in [9.17, 15) is 0 Å². The fraction of sp³-hybridized carbons (Fsp3) is 0.625. The minimum absolute atomic E-state index is 0.737. The highest BCUT2D eigenvalue weighted by Gasteiger charge is 2.01. The zero-order chi connectivity index (χ0) is 13.9. The number of thioether (sulfide) groups is 1. The molecule has 0 unspecified atom stereocenters. The molecule has 0 aliphatic carbocycles. The summed E-state index contributed by atoms with van der Waals surface area (Å²) in [5.41, 5.74) is 6.42. The summed E-state index contributed by atoms with van der Waals surface area (Å²) in [5, 5.41) is 0.782. The Labute approximate surface area is 127 Å². The first-order valence-corrected chi connectivity index (χ1v) is 8.78. The summed E-state index contributed by atoms with van der Waals surface area (Å²) < 4.78 is 0. The zero-order valence-electron chi connectivity index (χ0n) is 12.0. The van der Waals surface area contributed by atoms with Crippen molar-refractivity contribution in [3.05, 3.63) is 23.2 Å². The Morgan fingerprint density at radius 3 is 2.26 bits per heavy atom. The molecule has 0 saturated heterocycles. The number of unbranched alkanes of at least 4 members (excludes halogenated alkanes) is 7. The van der Waals surface area contributed by atoms with Crippen molar-refractivity contribution in [2.45, 2.75) is 63.2 Å². The van der Waals surface area contributed by atoms with Crippen LogP contribution in [0.4, 0.5) is 5.69 Å². The lowest BCUT2D eigenvalue weighted by Crippen LogP contribution is -1.86. The van der Waals surface area contributed by atoms with Crippen LogP contribution >= 0.6 is 23.4 Å². The van der Waals surface area contributed by atoms with Gasteiger partial charge >= 0.3 is 0 Å². The second-order valence-corrected chi connectivity index (χ2v) is 6.56. The Bertz CT molecular complexity index is 355. The van der Waals surface area contributed by atoms with Gasteiger partial charge in [-0.3, -0.25) is 0 Å². The van der Waals surface area contributed by atoms with Gasteiger partial charge in [0.2, 0.25) is 0 Å². The van der Waals surface area contributed by atoms with Crippen LogP contribution in [0.5, 0.6) is 0 Å². The highest BCUT2D eigenvalue weighted by atomic mass is 35.5. The van der Waals surface area contributed by atoms with Crippen molar-refractivity contribution >= 4 is 29.1 Å². The Balaban J connectivity index is 2.01.